The Morgan fingerprint density at radius 3 is 2.38 bits per heavy atom. The SMILES string of the molecule is CCn1cc(C(=O)C=Cc2ccc(Br)cc2)c(=O)c2cc(F)c(N3CCN(C(C)=O)CC3)cc21. The summed E-state index contributed by atoms with van der Waals surface area (Å²) in [5.74, 6) is -0.940. The normalized spacial score (nSPS) is 14.2. The van der Waals surface area contributed by atoms with Crippen molar-refractivity contribution in [2.24, 2.45) is 0 Å². The van der Waals surface area contributed by atoms with Crippen molar-refractivity contribution in [3.05, 3.63) is 80.3 Å². The molecule has 34 heavy (non-hydrogen) atoms. The standard InChI is InChI=1S/C26H25BrFN3O3/c1-3-29-16-21(25(33)9-6-18-4-7-19(27)8-5-18)26(34)20-14-22(28)24(15-23(20)29)31-12-10-30(11-13-31)17(2)32/h4-9,14-16H,3,10-13H2,1-2H3. The molecule has 0 spiro atoms. The molecule has 1 aromatic heterocycles. The Morgan fingerprint density at radius 1 is 1.09 bits per heavy atom. The van der Waals surface area contributed by atoms with Crippen LogP contribution in [0.5, 0.6) is 0 Å². The van der Waals surface area contributed by atoms with Gasteiger partial charge in [-0.15, -0.1) is 0 Å². The zero-order chi connectivity index (χ0) is 24.4. The maximum Gasteiger partial charge on any atom is 0.219 e. The lowest BCUT2D eigenvalue weighted by Gasteiger charge is -2.36. The van der Waals surface area contributed by atoms with E-state index in [0.717, 1.165) is 10.0 Å². The smallest absolute Gasteiger partial charge is 0.219 e. The number of aromatic nitrogens is 1. The molecule has 2 aromatic carbocycles. The van der Waals surface area contributed by atoms with Gasteiger partial charge < -0.3 is 14.4 Å². The van der Waals surface area contributed by atoms with E-state index in [2.05, 4.69) is 15.9 Å². The number of carbonyl (C=O) groups is 2. The molecule has 3 aromatic rings. The Balaban J connectivity index is 1.69. The summed E-state index contributed by atoms with van der Waals surface area (Å²) in [5.41, 5.74) is 1.31. The number of piperazine rings is 1. The predicted octanol–water partition coefficient (Wildman–Crippen LogP) is 4.49. The molecule has 0 bridgehead atoms. The van der Waals surface area contributed by atoms with Gasteiger partial charge in [0.2, 0.25) is 11.3 Å². The van der Waals surface area contributed by atoms with Crippen LogP contribution in [0.25, 0.3) is 17.0 Å². The summed E-state index contributed by atoms with van der Waals surface area (Å²) in [6, 6.07) is 10.3. The van der Waals surface area contributed by atoms with E-state index in [1.807, 2.05) is 36.1 Å². The highest BCUT2D eigenvalue weighted by Crippen LogP contribution is 2.26. The Labute approximate surface area is 205 Å². The minimum atomic E-state index is -0.515. The van der Waals surface area contributed by atoms with E-state index < -0.39 is 17.0 Å². The van der Waals surface area contributed by atoms with Crippen LogP contribution >= 0.6 is 15.9 Å². The van der Waals surface area contributed by atoms with Crippen LogP contribution < -0.4 is 10.3 Å². The number of ketones is 1. The molecule has 176 valence electrons. The van der Waals surface area contributed by atoms with Crippen molar-refractivity contribution in [1.29, 1.82) is 0 Å². The highest BCUT2D eigenvalue weighted by molar-refractivity contribution is 9.10. The lowest BCUT2D eigenvalue weighted by molar-refractivity contribution is -0.129. The average Bonchev–Trinajstić information content (AvgIpc) is 2.84. The minimum absolute atomic E-state index is 0.00448. The van der Waals surface area contributed by atoms with Gasteiger partial charge in [0.25, 0.3) is 0 Å². The number of amides is 1. The summed E-state index contributed by atoms with van der Waals surface area (Å²) in [6.07, 6.45) is 4.57. The Kier molecular flexibility index (Phi) is 6.97. The number of hydrogen-bond acceptors (Lipinski definition) is 4. The summed E-state index contributed by atoms with van der Waals surface area (Å²) in [7, 11) is 0. The molecule has 2 heterocycles. The van der Waals surface area contributed by atoms with E-state index in [0.29, 0.717) is 43.9 Å². The molecule has 1 aliphatic rings. The fourth-order valence-electron chi connectivity index (χ4n) is 4.18. The number of pyridine rings is 1. The maximum atomic E-state index is 15.1. The van der Waals surface area contributed by atoms with Gasteiger partial charge in [-0.2, -0.15) is 0 Å². The third-order valence-electron chi connectivity index (χ3n) is 6.12. The van der Waals surface area contributed by atoms with Crippen LogP contribution in [0.15, 0.2) is 57.9 Å². The highest BCUT2D eigenvalue weighted by Gasteiger charge is 2.23. The third-order valence-corrected chi connectivity index (χ3v) is 6.65. The van der Waals surface area contributed by atoms with E-state index in [1.165, 1.54) is 19.1 Å². The molecule has 0 atom stereocenters. The van der Waals surface area contributed by atoms with Crippen LogP contribution in [0.2, 0.25) is 0 Å². The Hall–Kier alpha value is -3.26. The van der Waals surface area contributed by atoms with Gasteiger partial charge in [0.1, 0.15) is 5.82 Å². The van der Waals surface area contributed by atoms with Gasteiger partial charge in [-0.25, -0.2) is 4.39 Å². The number of anilines is 1. The van der Waals surface area contributed by atoms with Crippen LogP contribution in [-0.2, 0) is 11.3 Å². The van der Waals surface area contributed by atoms with Crippen molar-refractivity contribution in [3.8, 4) is 0 Å². The molecule has 1 aliphatic heterocycles. The Bertz CT molecular complexity index is 1340. The lowest BCUT2D eigenvalue weighted by Crippen LogP contribution is -2.48. The molecule has 1 fully saturated rings. The first-order valence-corrected chi connectivity index (χ1v) is 11.9. The molecule has 1 saturated heterocycles. The van der Waals surface area contributed by atoms with Gasteiger partial charge in [-0.05, 0) is 42.8 Å². The van der Waals surface area contributed by atoms with Gasteiger partial charge >= 0.3 is 0 Å². The number of fused-ring (bicyclic) bond motifs is 1. The molecule has 1 amide bonds. The topological polar surface area (TPSA) is 62.6 Å². The monoisotopic (exact) mass is 525 g/mol. The minimum Gasteiger partial charge on any atom is -0.366 e. The predicted molar refractivity (Wildman–Crippen MR) is 136 cm³/mol. The fraction of sp³-hybridized carbons (Fsp3) is 0.269. The van der Waals surface area contributed by atoms with Crippen molar-refractivity contribution in [3.63, 3.8) is 0 Å². The first-order chi connectivity index (χ1) is 16.3. The Morgan fingerprint density at radius 2 is 1.76 bits per heavy atom. The molecule has 6 nitrogen and oxygen atoms in total. The molecule has 4 rings (SSSR count). The quantitative estimate of drug-likeness (QED) is 0.363. The van der Waals surface area contributed by atoms with Crippen LogP contribution in [-0.4, -0.2) is 47.3 Å². The van der Waals surface area contributed by atoms with E-state index in [1.54, 1.807) is 27.8 Å². The number of carbonyl (C=O) groups excluding carboxylic acids is 2. The van der Waals surface area contributed by atoms with Crippen molar-refractivity contribution < 1.29 is 14.0 Å². The van der Waals surface area contributed by atoms with Crippen molar-refractivity contribution in [2.75, 3.05) is 31.1 Å². The summed E-state index contributed by atoms with van der Waals surface area (Å²) in [5, 5.41) is 0.174. The van der Waals surface area contributed by atoms with Gasteiger partial charge in [0.05, 0.1) is 16.8 Å². The van der Waals surface area contributed by atoms with Crippen LogP contribution in [0.3, 0.4) is 0 Å². The van der Waals surface area contributed by atoms with E-state index in [4.69, 9.17) is 0 Å². The van der Waals surface area contributed by atoms with Crippen LogP contribution in [0, 0.1) is 5.82 Å². The second kappa shape index (κ2) is 9.93. The van der Waals surface area contributed by atoms with E-state index in [-0.39, 0.29) is 16.9 Å². The first kappa shape index (κ1) is 23.9. The number of rotatable bonds is 5. The summed E-state index contributed by atoms with van der Waals surface area (Å²) in [4.78, 5) is 41.2. The second-order valence-electron chi connectivity index (χ2n) is 8.22. The van der Waals surface area contributed by atoms with Crippen molar-refractivity contribution in [1.82, 2.24) is 9.47 Å². The zero-order valence-corrected chi connectivity index (χ0v) is 20.6. The van der Waals surface area contributed by atoms with E-state index in [9.17, 15) is 14.4 Å². The maximum absolute atomic E-state index is 15.1. The highest BCUT2D eigenvalue weighted by atomic mass is 79.9. The molecule has 8 heteroatoms. The third kappa shape index (κ3) is 4.82. The molecular formula is C26H25BrFN3O3. The summed E-state index contributed by atoms with van der Waals surface area (Å²) >= 11 is 3.37. The molecular weight excluding hydrogens is 501 g/mol. The van der Waals surface area contributed by atoms with Crippen molar-refractivity contribution >= 4 is 50.3 Å². The van der Waals surface area contributed by atoms with Gasteiger partial charge in [-0.1, -0.05) is 34.1 Å². The largest absolute Gasteiger partial charge is 0.366 e. The number of benzene rings is 2. The van der Waals surface area contributed by atoms with Crippen LogP contribution in [0.1, 0.15) is 29.8 Å². The number of aryl methyl sites for hydroxylation is 1. The van der Waals surface area contributed by atoms with Crippen molar-refractivity contribution in [2.45, 2.75) is 20.4 Å². The van der Waals surface area contributed by atoms with E-state index >= 15 is 4.39 Å². The molecule has 0 radical (unpaired) electrons. The molecule has 0 saturated carbocycles. The summed E-state index contributed by atoms with van der Waals surface area (Å²) < 4.78 is 17.9. The fourth-order valence-corrected chi connectivity index (χ4v) is 4.44. The number of halogens is 2. The lowest BCUT2D eigenvalue weighted by atomic mass is 10.1. The second-order valence-corrected chi connectivity index (χ2v) is 9.14. The molecule has 0 unspecified atom stereocenters. The van der Waals surface area contributed by atoms with Gasteiger partial charge in [0.15, 0.2) is 5.78 Å². The molecule has 0 N–H and O–H groups in total. The molecule has 0 aliphatic carbocycles. The number of hydrogen-bond donors (Lipinski definition) is 0. The summed E-state index contributed by atoms with van der Waals surface area (Å²) in [6.45, 7) is 6.00. The zero-order valence-electron chi connectivity index (χ0n) is 19.1. The van der Waals surface area contributed by atoms with Gasteiger partial charge in [-0.3, -0.25) is 14.4 Å². The number of allylic oxidation sites excluding steroid dienone is 1. The first-order valence-electron chi connectivity index (χ1n) is 11.1. The van der Waals surface area contributed by atoms with Crippen LogP contribution in [0.4, 0.5) is 10.1 Å². The number of nitrogens with zero attached hydrogens (tertiary/aromatic N) is 3. The average molecular weight is 526 g/mol. The van der Waals surface area contributed by atoms with Gasteiger partial charge in [0, 0.05) is 55.7 Å².